The van der Waals surface area contributed by atoms with Gasteiger partial charge in [-0.25, -0.2) is 4.98 Å². The molecule has 0 unspecified atom stereocenters. The molecule has 0 N–H and O–H groups in total. The van der Waals surface area contributed by atoms with Crippen LogP contribution in [0.2, 0.25) is 0 Å². The number of anilines is 1. The number of carbonyl (C=O) groups is 1. The van der Waals surface area contributed by atoms with Gasteiger partial charge >= 0.3 is 0 Å². The van der Waals surface area contributed by atoms with E-state index in [1.807, 2.05) is 72.8 Å². The van der Waals surface area contributed by atoms with Crippen molar-refractivity contribution in [3.8, 4) is 11.8 Å². The first kappa shape index (κ1) is 18.2. The van der Waals surface area contributed by atoms with E-state index >= 15 is 0 Å². The van der Waals surface area contributed by atoms with E-state index in [0.717, 1.165) is 16.8 Å². The van der Waals surface area contributed by atoms with Gasteiger partial charge in [0.1, 0.15) is 5.69 Å². The minimum Gasteiger partial charge on any atom is -0.303 e. The van der Waals surface area contributed by atoms with Crippen molar-refractivity contribution in [2.75, 3.05) is 4.90 Å². The van der Waals surface area contributed by atoms with E-state index in [9.17, 15) is 4.79 Å². The molecule has 0 bridgehead atoms. The van der Waals surface area contributed by atoms with Crippen LogP contribution in [-0.2, 0) is 11.3 Å². The van der Waals surface area contributed by atoms with Gasteiger partial charge in [-0.3, -0.25) is 4.79 Å². The van der Waals surface area contributed by atoms with Gasteiger partial charge < -0.3 is 4.90 Å². The number of aromatic nitrogens is 1. The first-order chi connectivity index (χ1) is 13.1. The Morgan fingerprint density at radius 1 is 0.963 bits per heavy atom. The highest BCUT2D eigenvalue weighted by atomic mass is 16.2. The predicted octanol–water partition coefficient (Wildman–Crippen LogP) is 4.59. The van der Waals surface area contributed by atoms with Gasteiger partial charge in [0, 0.05) is 17.3 Å². The lowest BCUT2D eigenvalue weighted by Gasteiger charge is -2.24. The molecular formula is C24H20N2O. The van der Waals surface area contributed by atoms with Crippen molar-refractivity contribution in [1.29, 1.82) is 0 Å². The molecule has 27 heavy (non-hydrogen) atoms. The topological polar surface area (TPSA) is 33.2 Å². The summed E-state index contributed by atoms with van der Waals surface area (Å²) in [5, 5.41) is 0. The Morgan fingerprint density at radius 2 is 1.67 bits per heavy atom. The molecule has 0 radical (unpaired) electrons. The molecule has 3 nitrogen and oxygen atoms in total. The molecule has 3 aromatic rings. The number of rotatable bonds is 4. The Labute approximate surface area is 160 Å². The minimum absolute atomic E-state index is 0.120. The highest BCUT2D eigenvalue weighted by Crippen LogP contribution is 2.23. The van der Waals surface area contributed by atoms with Crippen LogP contribution in [-0.4, -0.2) is 10.9 Å². The number of carbonyl (C=O) groups excluding carboxylic acids is 1. The van der Waals surface area contributed by atoms with Gasteiger partial charge in [0.2, 0.25) is 0 Å². The van der Waals surface area contributed by atoms with Gasteiger partial charge in [-0.05, 0) is 42.7 Å². The quantitative estimate of drug-likeness (QED) is 0.508. The van der Waals surface area contributed by atoms with Crippen molar-refractivity contribution in [2.45, 2.75) is 13.5 Å². The van der Waals surface area contributed by atoms with Crippen LogP contribution in [0.4, 0.5) is 5.69 Å². The molecule has 1 aromatic heterocycles. The molecule has 0 fully saturated rings. The summed E-state index contributed by atoms with van der Waals surface area (Å²) in [5.41, 5.74) is 3.75. The maximum absolute atomic E-state index is 12.8. The summed E-state index contributed by atoms with van der Waals surface area (Å²) >= 11 is 0. The number of pyridine rings is 1. The average Bonchev–Trinajstić information content (AvgIpc) is 2.72. The van der Waals surface area contributed by atoms with E-state index in [1.54, 1.807) is 18.0 Å². The average molecular weight is 352 g/mol. The van der Waals surface area contributed by atoms with Crippen molar-refractivity contribution in [1.82, 2.24) is 4.98 Å². The highest BCUT2D eigenvalue weighted by molar-refractivity contribution is 6.05. The van der Waals surface area contributed by atoms with E-state index in [4.69, 9.17) is 0 Å². The Bertz CT molecular complexity index is 999. The van der Waals surface area contributed by atoms with E-state index < -0.39 is 0 Å². The molecule has 0 atom stereocenters. The predicted molar refractivity (Wildman–Crippen MR) is 109 cm³/mol. The molecule has 1 heterocycles. The van der Waals surface area contributed by atoms with Gasteiger partial charge in [0.15, 0.2) is 0 Å². The van der Waals surface area contributed by atoms with E-state index in [-0.39, 0.29) is 5.91 Å². The lowest BCUT2D eigenvalue weighted by molar-refractivity contribution is -0.115. The summed E-state index contributed by atoms with van der Waals surface area (Å²) in [4.78, 5) is 18.8. The van der Waals surface area contributed by atoms with Crippen molar-refractivity contribution >= 4 is 11.6 Å². The van der Waals surface area contributed by atoms with Crippen molar-refractivity contribution in [2.24, 2.45) is 0 Å². The van der Waals surface area contributed by atoms with Crippen LogP contribution in [0.3, 0.4) is 0 Å². The van der Waals surface area contributed by atoms with Crippen molar-refractivity contribution in [3.05, 3.63) is 108 Å². The van der Waals surface area contributed by atoms with Gasteiger partial charge in [0.25, 0.3) is 5.91 Å². The first-order valence-electron chi connectivity index (χ1n) is 8.68. The van der Waals surface area contributed by atoms with Gasteiger partial charge in [-0.1, -0.05) is 61.0 Å². The summed E-state index contributed by atoms with van der Waals surface area (Å²) in [6.45, 7) is 6.01. The van der Waals surface area contributed by atoms with Crippen LogP contribution in [0.25, 0.3) is 0 Å². The van der Waals surface area contributed by atoms with Crippen molar-refractivity contribution < 1.29 is 4.79 Å². The Morgan fingerprint density at radius 3 is 2.37 bits per heavy atom. The fourth-order valence-corrected chi connectivity index (χ4v) is 2.65. The Balaban J connectivity index is 2.01. The van der Waals surface area contributed by atoms with Gasteiger partial charge in [-0.2, -0.15) is 0 Å². The maximum Gasteiger partial charge on any atom is 0.253 e. The lowest BCUT2D eigenvalue weighted by Crippen LogP contribution is -2.31. The van der Waals surface area contributed by atoms with Gasteiger partial charge in [-0.15, -0.1) is 0 Å². The Hall–Kier alpha value is -3.64. The fourth-order valence-electron chi connectivity index (χ4n) is 2.65. The summed E-state index contributed by atoms with van der Waals surface area (Å²) in [5.74, 6) is 6.10. The van der Waals surface area contributed by atoms with E-state index in [2.05, 4.69) is 23.4 Å². The monoisotopic (exact) mass is 352 g/mol. The zero-order valence-electron chi connectivity index (χ0n) is 15.2. The largest absolute Gasteiger partial charge is 0.303 e. The number of para-hydroxylation sites is 1. The standard InChI is InChI=1S/C24H20N2O/c1-19(2)24(27)26(18-20-10-4-3-5-11-20)23-14-7-6-12-21(23)15-16-22-13-8-9-17-25-22/h3-14,17H,1,18H2,2H3. The molecule has 0 spiro atoms. The molecule has 0 aliphatic carbocycles. The van der Waals surface area contributed by atoms with Crippen LogP contribution < -0.4 is 4.90 Å². The zero-order valence-corrected chi connectivity index (χ0v) is 15.2. The third-order valence-electron chi connectivity index (χ3n) is 3.98. The molecule has 0 saturated heterocycles. The fraction of sp³-hybridized carbons (Fsp3) is 0.0833. The van der Waals surface area contributed by atoms with E-state index in [1.165, 1.54) is 0 Å². The van der Waals surface area contributed by atoms with Crippen LogP contribution in [0.15, 0.2) is 91.1 Å². The molecule has 2 aromatic carbocycles. The lowest BCUT2D eigenvalue weighted by atomic mass is 10.1. The smallest absolute Gasteiger partial charge is 0.253 e. The molecule has 3 heteroatoms. The van der Waals surface area contributed by atoms with Crippen LogP contribution >= 0.6 is 0 Å². The first-order valence-corrected chi connectivity index (χ1v) is 8.68. The number of nitrogens with zero attached hydrogens (tertiary/aromatic N) is 2. The highest BCUT2D eigenvalue weighted by Gasteiger charge is 2.19. The van der Waals surface area contributed by atoms with Crippen LogP contribution in [0, 0.1) is 11.8 Å². The number of amides is 1. The zero-order chi connectivity index (χ0) is 19.1. The summed E-state index contributed by atoms with van der Waals surface area (Å²) < 4.78 is 0. The molecule has 1 amide bonds. The molecule has 0 aliphatic rings. The molecule has 132 valence electrons. The van der Waals surface area contributed by atoms with E-state index in [0.29, 0.717) is 17.8 Å². The third kappa shape index (κ3) is 4.71. The second-order valence-corrected chi connectivity index (χ2v) is 6.14. The minimum atomic E-state index is -0.120. The second-order valence-electron chi connectivity index (χ2n) is 6.14. The molecule has 0 saturated carbocycles. The van der Waals surface area contributed by atoms with Crippen molar-refractivity contribution in [3.63, 3.8) is 0 Å². The molecule has 3 rings (SSSR count). The van der Waals surface area contributed by atoms with Crippen LogP contribution in [0.5, 0.6) is 0 Å². The molecular weight excluding hydrogens is 332 g/mol. The third-order valence-corrected chi connectivity index (χ3v) is 3.98. The summed E-state index contributed by atoms with van der Waals surface area (Å²) in [6.07, 6.45) is 1.71. The number of hydrogen-bond donors (Lipinski definition) is 0. The normalized spacial score (nSPS) is 9.81. The number of hydrogen-bond acceptors (Lipinski definition) is 2. The summed E-state index contributed by atoms with van der Waals surface area (Å²) in [6, 6.07) is 23.1. The molecule has 0 aliphatic heterocycles. The second kappa shape index (κ2) is 8.64. The summed E-state index contributed by atoms with van der Waals surface area (Å²) in [7, 11) is 0. The van der Waals surface area contributed by atoms with Crippen LogP contribution in [0.1, 0.15) is 23.7 Å². The SMILES string of the molecule is C=C(C)C(=O)N(Cc1ccccc1)c1ccccc1C#Cc1ccccn1. The Kier molecular flexibility index (Phi) is 5.81. The van der Waals surface area contributed by atoms with Gasteiger partial charge in [0.05, 0.1) is 12.2 Å². The number of benzene rings is 2. The maximum atomic E-state index is 12.8.